The summed E-state index contributed by atoms with van der Waals surface area (Å²) < 4.78 is 48.7. The number of ether oxygens (including phenoxy) is 1. The average molecular weight is 402 g/mol. The fourth-order valence-electron chi connectivity index (χ4n) is 2.59. The van der Waals surface area contributed by atoms with Crippen molar-refractivity contribution in [1.29, 1.82) is 0 Å². The van der Waals surface area contributed by atoms with Gasteiger partial charge in [-0.1, -0.05) is 31.8 Å². The van der Waals surface area contributed by atoms with E-state index in [1.54, 1.807) is 6.92 Å². The van der Waals surface area contributed by atoms with Crippen LogP contribution in [0.2, 0.25) is 25.7 Å². The number of aryl methyl sites for hydroxylation is 1. The monoisotopic (exact) mass is 401 g/mol. The number of anilines is 1. The van der Waals surface area contributed by atoms with E-state index in [9.17, 15) is 18.3 Å². The normalized spacial score (nSPS) is 15.0. The Labute approximate surface area is 158 Å². The van der Waals surface area contributed by atoms with Crippen LogP contribution in [-0.4, -0.2) is 35.5 Å². The summed E-state index contributed by atoms with van der Waals surface area (Å²) in [6.07, 6.45) is -3.68. The highest BCUT2D eigenvalue weighted by molar-refractivity contribution is 6.76. The Balaban J connectivity index is 2.39. The van der Waals surface area contributed by atoms with Gasteiger partial charge in [0.2, 0.25) is 5.60 Å². The number of hydrogen-bond donors (Lipinski definition) is 2. The van der Waals surface area contributed by atoms with Gasteiger partial charge in [0.15, 0.2) is 5.82 Å². The molecule has 0 aliphatic heterocycles. The van der Waals surface area contributed by atoms with Crippen molar-refractivity contribution in [2.45, 2.75) is 51.1 Å². The van der Waals surface area contributed by atoms with Crippen molar-refractivity contribution in [3.8, 4) is 0 Å². The molecule has 9 heteroatoms. The summed E-state index contributed by atoms with van der Waals surface area (Å²) in [5, 5.41) is 10.8. The summed E-state index contributed by atoms with van der Waals surface area (Å²) in [6.45, 7) is 8.52. The Bertz CT molecular complexity index is 770. The van der Waals surface area contributed by atoms with Crippen LogP contribution in [0.1, 0.15) is 17.1 Å². The second kappa shape index (κ2) is 7.65. The minimum absolute atomic E-state index is 0.112. The molecule has 2 aromatic rings. The maximum atomic E-state index is 13.9. The number of halogens is 3. The van der Waals surface area contributed by atoms with E-state index < -0.39 is 25.7 Å². The van der Waals surface area contributed by atoms with Crippen LogP contribution in [0.15, 0.2) is 30.5 Å². The molecule has 3 N–H and O–H groups in total. The Hall–Kier alpha value is -1.84. The summed E-state index contributed by atoms with van der Waals surface area (Å²) in [5.74, 6) is -0.523. The second-order valence-corrected chi connectivity index (χ2v) is 13.5. The molecule has 1 heterocycles. The molecule has 1 atom stereocenters. The van der Waals surface area contributed by atoms with E-state index in [1.165, 1.54) is 22.9 Å². The Morgan fingerprint density at radius 2 is 1.78 bits per heavy atom. The van der Waals surface area contributed by atoms with Crippen LogP contribution in [0, 0.1) is 6.92 Å². The van der Waals surface area contributed by atoms with E-state index in [2.05, 4.69) is 24.6 Å². The first-order valence-corrected chi connectivity index (χ1v) is 12.3. The number of hydrogen-bond acceptors (Lipinski definition) is 4. The molecule has 0 spiro atoms. The number of alkyl halides is 3. The van der Waals surface area contributed by atoms with Gasteiger partial charge < -0.3 is 20.1 Å². The molecule has 1 aromatic heterocycles. The van der Waals surface area contributed by atoms with Gasteiger partial charge >= 0.3 is 6.18 Å². The number of benzene rings is 1. The molecule has 0 aliphatic rings. The molecule has 0 saturated heterocycles. The largest absolute Gasteiger partial charge is 0.428 e. The highest BCUT2D eigenvalue weighted by Crippen LogP contribution is 2.44. The van der Waals surface area contributed by atoms with Crippen molar-refractivity contribution in [1.82, 2.24) is 9.55 Å². The molecule has 0 radical (unpaired) electrons. The highest BCUT2D eigenvalue weighted by Gasteiger charge is 2.59. The number of nitrogen functional groups attached to an aromatic ring is 1. The van der Waals surface area contributed by atoms with E-state index in [0.717, 1.165) is 18.2 Å². The molecule has 150 valence electrons. The fourth-order valence-corrected chi connectivity index (χ4v) is 3.35. The number of rotatable bonds is 7. The smallest absolute Gasteiger partial charge is 0.399 e. The molecule has 0 fully saturated rings. The minimum atomic E-state index is -4.98. The highest BCUT2D eigenvalue weighted by atomic mass is 28.3. The maximum absolute atomic E-state index is 13.9. The third-order valence-electron chi connectivity index (χ3n) is 4.33. The standard InChI is InChI=1S/C18H26F3N3O2Si/c1-13-11-23-16(24(13)12-26-9-10-27(2,3)4)17(25,18(19,20)21)14-5-7-15(22)8-6-14/h5-8,11,25H,9-10,12,22H2,1-4H3. The SMILES string of the molecule is Cc1cnc(C(O)(c2ccc(N)cc2)C(F)(F)F)n1COCC[Si](C)(C)C. The van der Waals surface area contributed by atoms with Crippen LogP contribution in [0.4, 0.5) is 18.9 Å². The van der Waals surface area contributed by atoms with Gasteiger partial charge in [-0.25, -0.2) is 4.98 Å². The van der Waals surface area contributed by atoms with Gasteiger partial charge in [-0.2, -0.15) is 13.2 Å². The molecular formula is C18H26F3N3O2Si. The van der Waals surface area contributed by atoms with Crippen LogP contribution in [0.3, 0.4) is 0 Å². The van der Waals surface area contributed by atoms with Gasteiger partial charge in [-0.05, 0) is 25.1 Å². The van der Waals surface area contributed by atoms with Crippen LogP contribution in [0.5, 0.6) is 0 Å². The third kappa shape index (κ3) is 4.71. The Morgan fingerprint density at radius 3 is 2.30 bits per heavy atom. The third-order valence-corrected chi connectivity index (χ3v) is 6.04. The molecule has 0 saturated carbocycles. The molecule has 1 unspecified atom stereocenters. The van der Waals surface area contributed by atoms with Gasteiger partial charge in [0, 0.05) is 37.8 Å². The zero-order valence-corrected chi connectivity index (χ0v) is 17.0. The van der Waals surface area contributed by atoms with Crippen LogP contribution in [0.25, 0.3) is 0 Å². The van der Waals surface area contributed by atoms with Gasteiger partial charge in [-0.15, -0.1) is 0 Å². The Kier molecular flexibility index (Phi) is 6.08. The van der Waals surface area contributed by atoms with Crippen molar-refractivity contribution in [3.05, 3.63) is 47.5 Å². The van der Waals surface area contributed by atoms with Gasteiger partial charge in [0.1, 0.15) is 6.73 Å². The van der Waals surface area contributed by atoms with Crippen molar-refractivity contribution >= 4 is 13.8 Å². The van der Waals surface area contributed by atoms with E-state index >= 15 is 0 Å². The predicted octanol–water partition coefficient (Wildman–Crippen LogP) is 3.88. The summed E-state index contributed by atoms with van der Waals surface area (Å²) in [7, 11) is -1.32. The first kappa shape index (κ1) is 21.5. The first-order valence-electron chi connectivity index (χ1n) is 8.62. The van der Waals surface area contributed by atoms with Gasteiger partial charge in [0.05, 0.1) is 0 Å². The lowest BCUT2D eigenvalue weighted by Crippen LogP contribution is -2.45. The maximum Gasteiger partial charge on any atom is 0.428 e. The van der Waals surface area contributed by atoms with E-state index in [-0.39, 0.29) is 12.3 Å². The number of aromatic nitrogens is 2. The van der Waals surface area contributed by atoms with Crippen molar-refractivity contribution in [2.24, 2.45) is 0 Å². The fraction of sp³-hybridized carbons (Fsp3) is 0.500. The number of nitrogens with two attached hydrogens (primary N) is 1. The van der Waals surface area contributed by atoms with Crippen LogP contribution in [-0.2, 0) is 17.1 Å². The van der Waals surface area contributed by atoms with E-state index in [4.69, 9.17) is 10.5 Å². The molecule has 5 nitrogen and oxygen atoms in total. The Morgan fingerprint density at radius 1 is 1.19 bits per heavy atom. The summed E-state index contributed by atoms with van der Waals surface area (Å²) in [6, 6.07) is 5.83. The van der Waals surface area contributed by atoms with Crippen molar-refractivity contribution < 1.29 is 23.0 Å². The zero-order valence-electron chi connectivity index (χ0n) is 16.0. The molecule has 0 bridgehead atoms. The average Bonchev–Trinajstić information content (AvgIpc) is 2.91. The van der Waals surface area contributed by atoms with E-state index in [1.807, 2.05) is 0 Å². The van der Waals surface area contributed by atoms with Crippen LogP contribution >= 0.6 is 0 Å². The molecular weight excluding hydrogens is 375 g/mol. The minimum Gasteiger partial charge on any atom is -0.399 e. The quantitative estimate of drug-likeness (QED) is 0.419. The van der Waals surface area contributed by atoms with E-state index in [0.29, 0.717) is 18.0 Å². The lowest BCUT2D eigenvalue weighted by molar-refractivity contribution is -0.252. The molecule has 2 rings (SSSR count). The summed E-state index contributed by atoms with van der Waals surface area (Å²) in [4.78, 5) is 3.87. The van der Waals surface area contributed by atoms with Crippen molar-refractivity contribution in [2.75, 3.05) is 12.3 Å². The first-order chi connectivity index (χ1) is 12.4. The number of nitrogens with zero attached hydrogens (tertiary/aromatic N) is 2. The lowest BCUT2D eigenvalue weighted by Gasteiger charge is -2.31. The van der Waals surface area contributed by atoms with Gasteiger partial charge in [-0.3, -0.25) is 0 Å². The molecule has 27 heavy (non-hydrogen) atoms. The predicted molar refractivity (Wildman–Crippen MR) is 101 cm³/mol. The van der Waals surface area contributed by atoms with Crippen molar-refractivity contribution in [3.63, 3.8) is 0 Å². The lowest BCUT2D eigenvalue weighted by atomic mass is 9.91. The summed E-state index contributed by atoms with van der Waals surface area (Å²) >= 11 is 0. The summed E-state index contributed by atoms with van der Waals surface area (Å²) in [5.41, 5.74) is 2.72. The molecule has 0 aliphatic carbocycles. The number of imidazole rings is 1. The molecule has 1 aromatic carbocycles. The molecule has 0 amide bonds. The zero-order chi connectivity index (χ0) is 20.5. The topological polar surface area (TPSA) is 73.3 Å². The number of aliphatic hydroxyl groups is 1. The van der Waals surface area contributed by atoms with Crippen LogP contribution < -0.4 is 5.73 Å². The van der Waals surface area contributed by atoms with Gasteiger partial charge in [0.25, 0.3) is 0 Å². The second-order valence-electron chi connectivity index (χ2n) is 7.83.